The van der Waals surface area contributed by atoms with Gasteiger partial charge in [0, 0.05) is 14.1 Å². The third kappa shape index (κ3) is 3.44. The Hall–Kier alpha value is -2.76. The van der Waals surface area contributed by atoms with Crippen molar-refractivity contribution < 1.29 is 26.4 Å². The molecule has 2 amide bonds. The first-order chi connectivity index (χ1) is 12.5. The molecule has 0 aromatic heterocycles. The summed E-state index contributed by atoms with van der Waals surface area (Å²) in [4.78, 5) is 23.0. The van der Waals surface area contributed by atoms with Gasteiger partial charge in [-0.2, -0.15) is 0 Å². The molecule has 0 saturated carbocycles. The second kappa shape index (κ2) is 6.44. The van der Waals surface area contributed by atoms with Crippen molar-refractivity contribution in [3.63, 3.8) is 0 Å². The molecule has 0 saturated heterocycles. The fourth-order valence-corrected chi connectivity index (χ4v) is 4.48. The predicted octanol–water partition coefficient (Wildman–Crippen LogP) is 0.621. The molecule has 0 spiro atoms. The number of fused-ring (bicyclic) bond motifs is 1. The van der Waals surface area contributed by atoms with Gasteiger partial charge in [-0.1, -0.05) is 6.07 Å². The molecule has 0 atom stereocenters. The van der Waals surface area contributed by atoms with Crippen LogP contribution in [0.25, 0.3) is 0 Å². The van der Waals surface area contributed by atoms with E-state index in [-0.39, 0.29) is 26.6 Å². The van der Waals surface area contributed by atoms with Crippen LogP contribution in [0.5, 0.6) is 0 Å². The molecule has 0 fully saturated rings. The molecule has 3 rings (SSSR count). The fraction of sp³-hybridized carbons (Fsp3) is 0.125. The van der Waals surface area contributed by atoms with Gasteiger partial charge < -0.3 is 0 Å². The second-order valence-electron chi connectivity index (χ2n) is 5.91. The molecule has 0 unspecified atom stereocenters. The Balaban J connectivity index is 1.96. The Kier molecular flexibility index (Phi) is 4.54. The first-order valence-electron chi connectivity index (χ1n) is 7.57. The van der Waals surface area contributed by atoms with Gasteiger partial charge in [0.05, 0.1) is 26.6 Å². The zero-order chi connectivity index (χ0) is 20.0. The van der Waals surface area contributed by atoms with Gasteiger partial charge >= 0.3 is 0 Å². The number of hydrogen-bond donors (Lipinski definition) is 2. The number of anilines is 1. The fourth-order valence-electron chi connectivity index (χ4n) is 2.46. The van der Waals surface area contributed by atoms with E-state index < -0.39 is 31.9 Å². The highest BCUT2D eigenvalue weighted by Gasteiger charge is 2.29. The zero-order valence-electron chi connectivity index (χ0n) is 14.3. The number of sulfonamides is 2. The molecule has 2 aromatic rings. The highest BCUT2D eigenvalue weighted by molar-refractivity contribution is 7.92. The van der Waals surface area contributed by atoms with Crippen LogP contribution in [-0.2, 0) is 20.0 Å². The Bertz CT molecular complexity index is 1170. The summed E-state index contributed by atoms with van der Waals surface area (Å²) in [5.74, 6) is -1.26. The van der Waals surface area contributed by atoms with E-state index in [9.17, 15) is 26.4 Å². The number of carbonyl (C=O) groups is 2. The normalized spacial score (nSPS) is 14.2. The highest BCUT2D eigenvalue weighted by Crippen LogP contribution is 2.24. The van der Waals surface area contributed by atoms with Crippen LogP contribution in [0.2, 0.25) is 0 Å². The van der Waals surface area contributed by atoms with Gasteiger partial charge in [0.1, 0.15) is 0 Å². The van der Waals surface area contributed by atoms with Crippen LogP contribution in [0.3, 0.4) is 0 Å². The lowest BCUT2D eigenvalue weighted by atomic mass is 10.1. The van der Waals surface area contributed by atoms with E-state index in [1.165, 1.54) is 50.5 Å². The van der Waals surface area contributed by atoms with Crippen molar-refractivity contribution in [1.82, 2.24) is 9.62 Å². The minimum absolute atomic E-state index is 0.0354. The van der Waals surface area contributed by atoms with Crippen LogP contribution >= 0.6 is 0 Å². The zero-order valence-corrected chi connectivity index (χ0v) is 15.9. The average Bonchev–Trinajstić information content (AvgIpc) is 2.88. The average molecular weight is 409 g/mol. The Labute approximate surface area is 156 Å². The van der Waals surface area contributed by atoms with E-state index in [1.54, 1.807) is 0 Å². The molecule has 0 bridgehead atoms. The third-order valence-corrected chi connectivity index (χ3v) is 7.07. The van der Waals surface area contributed by atoms with Crippen LogP contribution in [-0.4, -0.2) is 47.1 Å². The number of hydrogen-bond acceptors (Lipinski definition) is 6. The largest absolute Gasteiger partial charge is 0.288 e. The van der Waals surface area contributed by atoms with Gasteiger partial charge in [-0.15, -0.1) is 0 Å². The molecule has 2 N–H and O–H groups in total. The molecule has 0 aliphatic carbocycles. The van der Waals surface area contributed by atoms with E-state index in [0.29, 0.717) is 0 Å². The summed E-state index contributed by atoms with van der Waals surface area (Å²) in [5, 5.41) is 2.08. The lowest BCUT2D eigenvalue weighted by molar-refractivity contribution is 0.0879. The summed E-state index contributed by atoms with van der Waals surface area (Å²) in [5.41, 5.74) is 0.101. The predicted molar refractivity (Wildman–Crippen MR) is 96.4 cm³/mol. The first kappa shape index (κ1) is 19.0. The van der Waals surface area contributed by atoms with Crippen molar-refractivity contribution in [3.05, 3.63) is 53.6 Å². The molecule has 142 valence electrons. The summed E-state index contributed by atoms with van der Waals surface area (Å²) in [6.45, 7) is 0. The number of imide groups is 1. The van der Waals surface area contributed by atoms with Crippen LogP contribution in [0.15, 0.2) is 52.3 Å². The standard InChI is InChI=1S/C16H15N3O6S2/c1-19(2)27(24,25)12-5-3-4-10(8-12)18-26(22,23)11-6-7-13-14(9-11)16(21)17-15(13)20/h3-9,18H,1-2H3,(H,17,20,21). The lowest BCUT2D eigenvalue weighted by Crippen LogP contribution is -2.22. The number of rotatable bonds is 5. The summed E-state index contributed by atoms with van der Waals surface area (Å²) in [7, 11) is -5.11. The Morgan fingerprint density at radius 2 is 1.52 bits per heavy atom. The first-order valence-corrected chi connectivity index (χ1v) is 10.5. The van der Waals surface area contributed by atoms with E-state index in [2.05, 4.69) is 10.0 Å². The lowest BCUT2D eigenvalue weighted by Gasteiger charge is -2.13. The molecule has 0 radical (unpaired) electrons. The number of nitrogens with one attached hydrogen (secondary N) is 2. The van der Waals surface area contributed by atoms with Crippen molar-refractivity contribution in [2.24, 2.45) is 0 Å². The van der Waals surface area contributed by atoms with Crippen LogP contribution < -0.4 is 10.0 Å². The maximum Gasteiger partial charge on any atom is 0.261 e. The molecule has 2 aromatic carbocycles. The molecule has 1 aliphatic rings. The van der Waals surface area contributed by atoms with E-state index >= 15 is 0 Å². The molecule has 11 heteroatoms. The minimum atomic E-state index is -4.11. The van der Waals surface area contributed by atoms with Crippen molar-refractivity contribution in [1.29, 1.82) is 0 Å². The summed E-state index contributed by atoms with van der Waals surface area (Å²) < 4.78 is 52.9. The van der Waals surface area contributed by atoms with E-state index in [0.717, 1.165) is 10.4 Å². The smallest absolute Gasteiger partial charge is 0.261 e. The summed E-state index contributed by atoms with van der Waals surface area (Å²) >= 11 is 0. The summed E-state index contributed by atoms with van der Waals surface area (Å²) in [6, 6.07) is 8.88. The van der Waals surface area contributed by atoms with Crippen molar-refractivity contribution in [3.8, 4) is 0 Å². The van der Waals surface area contributed by atoms with Crippen LogP contribution in [0.4, 0.5) is 5.69 Å². The number of nitrogens with zero attached hydrogens (tertiary/aromatic N) is 1. The van der Waals surface area contributed by atoms with Crippen molar-refractivity contribution in [2.45, 2.75) is 9.79 Å². The SMILES string of the molecule is CN(C)S(=O)(=O)c1cccc(NS(=O)(=O)c2ccc3c(c2)C(=O)NC3=O)c1. The Morgan fingerprint density at radius 1 is 0.852 bits per heavy atom. The van der Waals surface area contributed by atoms with Crippen molar-refractivity contribution in [2.75, 3.05) is 18.8 Å². The van der Waals surface area contributed by atoms with Gasteiger partial charge in [0.25, 0.3) is 21.8 Å². The molecule has 1 aliphatic heterocycles. The van der Waals surface area contributed by atoms with Crippen molar-refractivity contribution >= 4 is 37.5 Å². The van der Waals surface area contributed by atoms with Gasteiger partial charge in [0.2, 0.25) is 10.0 Å². The molecular weight excluding hydrogens is 394 g/mol. The molecule has 9 nitrogen and oxygen atoms in total. The number of carbonyl (C=O) groups excluding carboxylic acids is 2. The van der Waals surface area contributed by atoms with Gasteiger partial charge in [0.15, 0.2) is 0 Å². The molecule has 27 heavy (non-hydrogen) atoms. The Morgan fingerprint density at radius 3 is 2.19 bits per heavy atom. The topological polar surface area (TPSA) is 130 Å². The molecule has 1 heterocycles. The van der Waals surface area contributed by atoms with Gasteiger partial charge in [-0.05, 0) is 36.4 Å². The highest BCUT2D eigenvalue weighted by atomic mass is 32.2. The number of benzene rings is 2. The van der Waals surface area contributed by atoms with Gasteiger partial charge in [-0.3, -0.25) is 19.6 Å². The maximum absolute atomic E-state index is 12.6. The van der Waals surface area contributed by atoms with E-state index in [4.69, 9.17) is 0 Å². The van der Waals surface area contributed by atoms with E-state index in [1.807, 2.05) is 0 Å². The third-order valence-electron chi connectivity index (χ3n) is 3.88. The maximum atomic E-state index is 12.6. The minimum Gasteiger partial charge on any atom is -0.288 e. The van der Waals surface area contributed by atoms with Gasteiger partial charge in [-0.25, -0.2) is 21.1 Å². The number of amides is 2. The quantitative estimate of drug-likeness (QED) is 0.697. The monoisotopic (exact) mass is 409 g/mol. The summed E-state index contributed by atoms with van der Waals surface area (Å²) in [6.07, 6.45) is 0. The second-order valence-corrected chi connectivity index (χ2v) is 9.75. The van der Waals surface area contributed by atoms with Crippen LogP contribution in [0.1, 0.15) is 20.7 Å². The van der Waals surface area contributed by atoms with Crippen LogP contribution in [0, 0.1) is 0 Å². The molecular formula is C16H15N3O6S2.